The Morgan fingerprint density at radius 1 is 1.50 bits per heavy atom. The zero-order chi connectivity index (χ0) is 12.1. The third-order valence-corrected chi connectivity index (χ3v) is 1.68. The third-order valence-electron chi connectivity index (χ3n) is 1.68. The van der Waals surface area contributed by atoms with Crippen molar-refractivity contribution in [2.45, 2.75) is 6.92 Å². The van der Waals surface area contributed by atoms with Crippen LogP contribution in [0.1, 0.15) is 12.5 Å². The third kappa shape index (κ3) is 3.24. The molecular weight excluding hydrogens is 216 g/mol. The summed E-state index contributed by atoms with van der Waals surface area (Å²) in [5, 5.41) is 11.6. The smallest absolute Gasteiger partial charge is 0.217 e. The summed E-state index contributed by atoms with van der Waals surface area (Å²) in [7, 11) is 0. The maximum absolute atomic E-state index is 12.8. The lowest BCUT2D eigenvalue weighted by Gasteiger charge is -1.98. The lowest BCUT2D eigenvalue weighted by Crippen LogP contribution is -2.19. The number of hydrogen-bond acceptors (Lipinski definition) is 2. The van der Waals surface area contributed by atoms with E-state index in [1.807, 2.05) is 0 Å². The van der Waals surface area contributed by atoms with Crippen molar-refractivity contribution in [3.8, 4) is 17.6 Å². The Bertz CT molecular complexity index is 475. The first kappa shape index (κ1) is 12.0. The first-order valence-electron chi connectivity index (χ1n) is 4.42. The number of carbonyl (C=O) groups excluding carboxylic acids is 1. The SMILES string of the molecule is CC(=O)NCC#Cc1cc(F)cc(F)c1O. The Labute approximate surface area is 91.1 Å². The highest BCUT2D eigenvalue weighted by Crippen LogP contribution is 2.21. The minimum absolute atomic E-state index is 0.0485. The summed E-state index contributed by atoms with van der Waals surface area (Å²) < 4.78 is 25.6. The molecule has 1 aromatic carbocycles. The van der Waals surface area contributed by atoms with E-state index in [0.717, 1.165) is 6.07 Å². The molecule has 0 heterocycles. The number of halogens is 2. The summed E-state index contributed by atoms with van der Waals surface area (Å²) in [4.78, 5) is 10.5. The van der Waals surface area contributed by atoms with Crippen LogP contribution in [-0.2, 0) is 4.79 Å². The molecule has 2 N–H and O–H groups in total. The summed E-state index contributed by atoms with van der Waals surface area (Å²) in [6.45, 7) is 1.37. The van der Waals surface area contributed by atoms with E-state index >= 15 is 0 Å². The minimum atomic E-state index is -1.07. The van der Waals surface area contributed by atoms with Gasteiger partial charge in [0.15, 0.2) is 11.6 Å². The number of nitrogens with one attached hydrogen (secondary N) is 1. The number of phenols is 1. The van der Waals surface area contributed by atoms with Crippen molar-refractivity contribution < 1.29 is 18.7 Å². The van der Waals surface area contributed by atoms with Crippen molar-refractivity contribution in [1.82, 2.24) is 5.32 Å². The van der Waals surface area contributed by atoms with E-state index in [2.05, 4.69) is 17.2 Å². The van der Waals surface area contributed by atoms with Gasteiger partial charge in [-0.15, -0.1) is 0 Å². The molecule has 0 unspecified atom stereocenters. The first-order chi connectivity index (χ1) is 7.50. The topological polar surface area (TPSA) is 49.3 Å². The molecule has 84 valence electrons. The quantitative estimate of drug-likeness (QED) is 0.704. The molecule has 1 amide bonds. The molecular formula is C11H9F2NO2. The van der Waals surface area contributed by atoms with Gasteiger partial charge in [0.1, 0.15) is 5.82 Å². The standard InChI is InChI=1S/C11H9F2NO2/c1-7(15)14-4-2-3-8-5-9(12)6-10(13)11(8)16/h5-6,16H,4H2,1H3,(H,14,15). The van der Waals surface area contributed by atoms with E-state index < -0.39 is 17.4 Å². The van der Waals surface area contributed by atoms with Gasteiger partial charge in [0.2, 0.25) is 5.91 Å². The fourth-order valence-electron chi connectivity index (χ4n) is 0.969. The van der Waals surface area contributed by atoms with E-state index in [1.165, 1.54) is 6.92 Å². The van der Waals surface area contributed by atoms with Gasteiger partial charge in [-0.2, -0.15) is 0 Å². The molecule has 0 radical (unpaired) electrons. The van der Waals surface area contributed by atoms with E-state index in [0.29, 0.717) is 6.07 Å². The van der Waals surface area contributed by atoms with Crippen LogP contribution in [-0.4, -0.2) is 17.6 Å². The van der Waals surface area contributed by atoms with Crippen LogP contribution in [0.5, 0.6) is 5.75 Å². The van der Waals surface area contributed by atoms with Crippen LogP contribution in [0.15, 0.2) is 12.1 Å². The maximum Gasteiger partial charge on any atom is 0.217 e. The summed E-state index contributed by atoms with van der Waals surface area (Å²) in [5.41, 5.74) is -0.150. The van der Waals surface area contributed by atoms with Gasteiger partial charge in [-0.3, -0.25) is 4.79 Å². The van der Waals surface area contributed by atoms with Crippen LogP contribution in [0.4, 0.5) is 8.78 Å². The first-order valence-corrected chi connectivity index (χ1v) is 4.42. The largest absolute Gasteiger partial charge is 0.504 e. The molecule has 1 rings (SSSR count). The molecule has 0 spiro atoms. The Morgan fingerprint density at radius 3 is 2.81 bits per heavy atom. The molecule has 16 heavy (non-hydrogen) atoms. The van der Waals surface area contributed by atoms with Crippen LogP contribution in [0.25, 0.3) is 0 Å². The highest BCUT2D eigenvalue weighted by molar-refractivity contribution is 5.73. The van der Waals surface area contributed by atoms with Gasteiger partial charge in [0, 0.05) is 13.0 Å². The lowest BCUT2D eigenvalue weighted by molar-refractivity contribution is -0.118. The Balaban J connectivity index is 2.84. The van der Waals surface area contributed by atoms with Gasteiger partial charge in [-0.1, -0.05) is 11.8 Å². The number of phenolic OH excluding ortho intramolecular Hbond substituents is 1. The van der Waals surface area contributed by atoms with Gasteiger partial charge < -0.3 is 10.4 Å². The van der Waals surface area contributed by atoms with Gasteiger partial charge in [-0.05, 0) is 6.07 Å². The average molecular weight is 225 g/mol. The van der Waals surface area contributed by atoms with Gasteiger partial charge >= 0.3 is 0 Å². The fourth-order valence-corrected chi connectivity index (χ4v) is 0.969. The monoisotopic (exact) mass is 225 g/mol. The van der Waals surface area contributed by atoms with Crippen molar-refractivity contribution in [2.24, 2.45) is 0 Å². The highest BCUT2D eigenvalue weighted by Gasteiger charge is 2.07. The predicted octanol–water partition coefficient (Wildman–Crippen LogP) is 1.16. The second-order valence-electron chi connectivity index (χ2n) is 3.00. The fraction of sp³-hybridized carbons (Fsp3) is 0.182. The van der Waals surface area contributed by atoms with Crippen molar-refractivity contribution in [3.05, 3.63) is 29.3 Å². The van der Waals surface area contributed by atoms with Crippen LogP contribution < -0.4 is 5.32 Å². The second-order valence-corrected chi connectivity index (χ2v) is 3.00. The maximum atomic E-state index is 12.8. The second kappa shape index (κ2) is 5.12. The molecule has 0 atom stereocenters. The summed E-state index contributed by atoms with van der Waals surface area (Å²) >= 11 is 0. The molecule has 0 aromatic heterocycles. The lowest BCUT2D eigenvalue weighted by atomic mass is 10.2. The molecule has 0 saturated carbocycles. The Hall–Kier alpha value is -2.09. The molecule has 3 nitrogen and oxygen atoms in total. The normalized spacial score (nSPS) is 9.19. The predicted molar refractivity (Wildman–Crippen MR) is 53.6 cm³/mol. The van der Waals surface area contributed by atoms with Crippen molar-refractivity contribution in [3.63, 3.8) is 0 Å². The Morgan fingerprint density at radius 2 is 2.19 bits per heavy atom. The number of carbonyl (C=O) groups is 1. The van der Waals surface area contributed by atoms with E-state index in [-0.39, 0.29) is 18.0 Å². The average Bonchev–Trinajstić information content (AvgIpc) is 2.19. The zero-order valence-electron chi connectivity index (χ0n) is 8.47. The molecule has 0 fully saturated rings. The molecule has 1 aromatic rings. The number of aromatic hydroxyl groups is 1. The number of benzene rings is 1. The molecule has 5 heteroatoms. The zero-order valence-corrected chi connectivity index (χ0v) is 8.47. The highest BCUT2D eigenvalue weighted by atomic mass is 19.1. The number of rotatable bonds is 1. The van der Waals surface area contributed by atoms with Crippen molar-refractivity contribution in [1.29, 1.82) is 0 Å². The number of hydrogen-bond donors (Lipinski definition) is 2. The molecule has 0 aliphatic carbocycles. The molecule has 0 bridgehead atoms. The summed E-state index contributed by atoms with van der Waals surface area (Å²) in [5.74, 6) is 1.96. The molecule has 0 aliphatic rings. The van der Waals surface area contributed by atoms with E-state index in [9.17, 15) is 18.7 Å². The van der Waals surface area contributed by atoms with Crippen LogP contribution in [0.2, 0.25) is 0 Å². The summed E-state index contributed by atoms with van der Waals surface area (Å²) in [6.07, 6.45) is 0. The van der Waals surface area contributed by atoms with Crippen molar-refractivity contribution in [2.75, 3.05) is 6.54 Å². The number of amides is 1. The van der Waals surface area contributed by atoms with Gasteiger partial charge in [-0.25, -0.2) is 8.78 Å². The summed E-state index contributed by atoms with van der Waals surface area (Å²) in [6, 6.07) is 1.48. The van der Waals surface area contributed by atoms with Crippen LogP contribution in [0.3, 0.4) is 0 Å². The van der Waals surface area contributed by atoms with Gasteiger partial charge in [0.05, 0.1) is 12.1 Å². The van der Waals surface area contributed by atoms with E-state index in [4.69, 9.17) is 0 Å². The van der Waals surface area contributed by atoms with Crippen LogP contribution in [0, 0.1) is 23.5 Å². The Kier molecular flexibility index (Phi) is 3.84. The van der Waals surface area contributed by atoms with Crippen LogP contribution >= 0.6 is 0 Å². The minimum Gasteiger partial charge on any atom is -0.504 e. The van der Waals surface area contributed by atoms with Gasteiger partial charge in [0.25, 0.3) is 0 Å². The van der Waals surface area contributed by atoms with E-state index in [1.54, 1.807) is 0 Å². The molecule has 0 aliphatic heterocycles. The van der Waals surface area contributed by atoms with Crippen molar-refractivity contribution >= 4 is 5.91 Å². The molecule has 0 saturated heterocycles.